The van der Waals surface area contributed by atoms with E-state index in [2.05, 4.69) is 34.0 Å². The zero-order valence-electron chi connectivity index (χ0n) is 19.4. The number of nitrogens with two attached hydrogens (primary N) is 1. The van der Waals surface area contributed by atoms with Gasteiger partial charge in [0.25, 0.3) is 0 Å². The second kappa shape index (κ2) is 8.96. The Labute approximate surface area is 199 Å². The number of carbonyl (C=O) groups is 1. The normalized spacial score (nSPS) is 17.2. The number of benzene rings is 1. The van der Waals surface area contributed by atoms with Crippen LogP contribution in [0.3, 0.4) is 0 Å². The number of pyridine rings is 2. The summed E-state index contributed by atoms with van der Waals surface area (Å²) in [5, 5.41) is 4.85. The molecule has 7 heteroatoms. The highest BCUT2D eigenvalue weighted by Gasteiger charge is 2.51. The minimum atomic E-state index is -0.652. The number of nitrogens with zero attached hydrogens (tertiary/aromatic N) is 2. The summed E-state index contributed by atoms with van der Waals surface area (Å²) in [5.74, 6) is 8.30. The van der Waals surface area contributed by atoms with Gasteiger partial charge in [-0.2, -0.15) is 0 Å². The highest BCUT2D eigenvalue weighted by atomic mass is 16.5. The van der Waals surface area contributed by atoms with Gasteiger partial charge >= 0.3 is 0 Å². The Kier molecular flexibility index (Phi) is 5.84. The van der Waals surface area contributed by atoms with Gasteiger partial charge in [0.1, 0.15) is 11.6 Å². The minimum absolute atomic E-state index is 0.145. The number of hydrogen-bond acceptors (Lipinski definition) is 6. The fourth-order valence-electron chi connectivity index (χ4n) is 4.38. The van der Waals surface area contributed by atoms with E-state index in [1.165, 1.54) is 0 Å². The number of rotatable bonds is 7. The van der Waals surface area contributed by atoms with Crippen molar-refractivity contribution < 1.29 is 14.3 Å². The molecule has 1 saturated heterocycles. The molecule has 1 atom stereocenters. The van der Waals surface area contributed by atoms with Crippen LogP contribution in [-0.2, 0) is 14.9 Å². The van der Waals surface area contributed by atoms with Gasteiger partial charge in [0, 0.05) is 41.7 Å². The van der Waals surface area contributed by atoms with Gasteiger partial charge in [0.15, 0.2) is 0 Å². The molecule has 0 spiro atoms. The van der Waals surface area contributed by atoms with E-state index in [0.29, 0.717) is 17.4 Å². The fourth-order valence-corrected chi connectivity index (χ4v) is 4.38. The molecule has 2 aliphatic rings. The van der Waals surface area contributed by atoms with E-state index in [4.69, 9.17) is 15.2 Å². The summed E-state index contributed by atoms with van der Waals surface area (Å²) in [6.45, 7) is 3.76. The summed E-state index contributed by atoms with van der Waals surface area (Å²) >= 11 is 0. The van der Waals surface area contributed by atoms with Crippen LogP contribution < -0.4 is 15.8 Å². The number of fused-ring (bicyclic) bond motifs is 1. The van der Waals surface area contributed by atoms with E-state index < -0.39 is 5.41 Å². The SMILES string of the molecule is CNc1ncc(C#Cc2ccc(OC(C)CC3COC3)cc2)c2cc(C3(C(N)=O)CC3)ncc12. The quantitative estimate of drug-likeness (QED) is 0.529. The summed E-state index contributed by atoms with van der Waals surface area (Å²) in [6.07, 6.45) is 6.10. The zero-order chi connectivity index (χ0) is 23.7. The number of amides is 1. The predicted octanol–water partition coefficient (Wildman–Crippen LogP) is 3.39. The molecule has 0 bridgehead atoms. The Morgan fingerprint density at radius 1 is 1.21 bits per heavy atom. The molecule has 5 rings (SSSR count). The van der Waals surface area contributed by atoms with Gasteiger partial charge in [-0.25, -0.2) is 4.98 Å². The van der Waals surface area contributed by atoms with E-state index in [1.807, 2.05) is 37.4 Å². The van der Waals surface area contributed by atoms with Crippen molar-refractivity contribution in [2.24, 2.45) is 11.7 Å². The highest BCUT2D eigenvalue weighted by Crippen LogP contribution is 2.47. The lowest BCUT2D eigenvalue weighted by molar-refractivity contribution is -0.120. The van der Waals surface area contributed by atoms with Crippen molar-refractivity contribution in [2.45, 2.75) is 37.7 Å². The monoisotopic (exact) mass is 456 g/mol. The van der Waals surface area contributed by atoms with E-state index in [9.17, 15) is 4.79 Å². The fraction of sp³-hybridized carbons (Fsp3) is 0.370. The maximum Gasteiger partial charge on any atom is 0.229 e. The molecule has 1 aliphatic heterocycles. The van der Waals surface area contributed by atoms with Crippen LogP contribution in [0.5, 0.6) is 5.75 Å². The van der Waals surface area contributed by atoms with E-state index in [1.54, 1.807) is 12.4 Å². The van der Waals surface area contributed by atoms with Gasteiger partial charge in [-0.15, -0.1) is 0 Å². The Morgan fingerprint density at radius 3 is 2.59 bits per heavy atom. The van der Waals surface area contributed by atoms with Crippen molar-refractivity contribution in [3.05, 3.63) is 59.5 Å². The van der Waals surface area contributed by atoms with Crippen LogP contribution in [0.1, 0.15) is 43.0 Å². The molecule has 1 amide bonds. The van der Waals surface area contributed by atoms with E-state index >= 15 is 0 Å². The molecule has 7 nitrogen and oxygen atoms in total. The van der Waals surface area contributed by atoms with Crippen LogP contribution in [0.25, 0.3) is 10.8 Å². The predicted molar refractivity (Wildman–Crippen MR) is 131 cm³/mol. The highest BCUT2D eigenvalue weighted by molar-refractivity contribution is 5.97. The van der Waals surface area contributed by atoms with Crippen LogP contribution in [-0.4, -0.2) is 42.2 Å². The maximum atomic E-state index is 12.0. The number of aromatic nitrogens is 2. The molecule has 34 heavy (non-hydrogen) atoms. The van der Waals surface area contributed by atoms with Gasteiger partial charge in [0.2, 0.25) is 5.91 Å². The number of carbonyl (C=O) groups excluding carboxylic acids is 1. The average Bonchev–Trinajstić information content (AvgIpc) is 3.63. The van der Waals surface area contributed by atoms with E-state index in [-0.39, 0.29) is 12.0 Å². The summed E-state index contributed by atoms with van der Waals surface area (Å²) in [5.41, 5.74) is 7.37. The lowest BCUT2D eigenvalue weighted by Crippen LogP contribution is -2.31. The molecule has 3 heterocycles. The summed E-state index contributed by atoms with van der Waals surface area (Å²) in [4.78, 5) is 21.0. The molecule has 2 aromatic heterocycles. The largest absolute Gasteiger partial charge is 0.491 e. The molecular weight excluding hydrogens is 428 g/mol. The summed E-state index contributed by atoms with van der Waals surface area (Å²) in [6, 6.07) is 9.75. The van der Waals surface area contributed by atoms with Gasteiger partial charge in [-0.05, 0) is 56.5 Å². The van der Waals surface area contributed by atoms with Crippen molar-refractivity contribution in [3.63, 3.8) is 0 Å². The number of hydrogen-bond donors (Lipinski definition) is 2. The molecule has 2 fully saturated rings. The molecule has 1 saturated carbocycles. The van der Waals surface area contributed by atoms with Crippen LogP contribution >= 0.6 is 0 Å². The molecule has 1 aliphatic carbocycles. The Hall–Kier alpha value is -3.63. The Morgan fingerprint density at radius 2 is 1.97 bits per heavy atom. The van der Waals surface area contributed by atoms with Crippen molar-refractivity contribution in [2.75, 3.05) is 25.6 Å². The lowest BCUT2D eigenvalue weighted by Gasteiger charge is -2.28. The molecule has 3 N–H and O–H groups in total. The first-order valence-corrected chi connectivity index (χ1v) is 11.6. The number of anilines is 1. The molecule has 0 radical (unpaired) electrons. The van der Waals surface area contributed by atoms with Crippen LogP contribution in [0, 0.1) is 17.8 Å². The molecular formula is C27H28N4O3. The van der Waals surface area contributed by atoms with Crippen LogP contribution in [0.4, 0.5) is 5.82 Å². The standard InChI is InChI=1S/C27H28N4O3/c1-17(11-19-15-33-16-19)34-21-7-4-18(5-8-21)3-6-20-13-31-25(29-2)23-14-30-24(12-22(20)23)27(9-10-27)26(28)32/h4-5,7-8,12-14,17,19H,9-11,15-16H2,1-2H3,(H2,28,32)(H,29,31). The van der Waals surface area contributed by atoms with Gasteiger partial charge in [0.05, 0.1) is 36.0 Å². The van der Waals surface area contributed by atoms with Crippen LogP contribution in [0.2, 0.25) is 0 Å². The molecule has 174 valence electrons. The van der Waals surface area contributed by atoms with Crippen LogP contribution in [0.15, 0.2) is 42.7 Å². The van der Waals surface area contributed by atoms with Crippen molar-refractivity contribution >= 4 is 22.5 Å². The Balaban J connectivity index is 1.39. The smallest absolute Gasteiger partial charge is 0.229 e. The first-order valence-electron chi connectivity index (χ1n) is 11.6. The third-order valence-corrected chi connectivity index (χ3v) is 6.63. The van der Waals surface area contributed by atoms with E-state index in [0.717, 1.165) is 60.1 Å². The summed E-state index contributed by atoms with van der Waals surface area (Å²) < 4.78 is 11.3. The third-order valence-electron chi connectivity index (χ3n) is 6.63. The lowest BCUT2D eigenvalue weighted by atomic mass is 9.98. The third kappa shape index (κ3) is 4.29. The number of ether oxygens (including phenoxy) is 2. The minimum Gasteiger partial charge on any atom is -0.491 e. The first-order chi connectivity index (χ1) is 16.5. The zero-order valence-corrected chi connectivity index (χ0v) is 19.4. The molecule has 3 aromatic rings. The first kappa shape index (κ1) is 22.2. The molecule has 1 aromatic carbocycles. The van der Waals surface area contributed by atoms with Gasteiger partial charge in [-0.3, -0.25) is 9.78 Å². The topological polar surface area (TPSA) is 99.4 Å². The van der Waals surface area contributed by atoms with Crippen molar-refractivity contribution in [1.82, 2.24) is 9.97 Å². The van der Waals surface area contributed by atoms with Gasteiger partial charge in [-0.1, -0.05) is 11.8 Å². The van der Waals surface area contributed by atoms with Crippen molar-refractivity contribution in [3.8, 4) is 17.6 Å². The number of nitrogens with one attached hydrogen (secondary N) is 1. The Bertz CT molecular complexity index is 1280. The summed E-state index contributed by atoms with van der Waals surface area (Å²) in [7, 11) is 1.82. The van der Waals surface area contributed by atoms with Gasteiger partial charge < -0.3 is 20.5 Å². The molecule has 1 unspecified atom stereocenters. The second-order valence-electron chi connectivity index (χ2n) is 9.17. The average molecular weight is 457 g/mol. The maximum absolute atomic E-state index is 12.0. The second-order valence-corrected chi connectivity index (χ2v) is 9.17. The van der Waals surface area contributed by atoms with Crippen molar-refractivity contribution in [1.29, 1.82) is 0 Å². The number of primary amides is 1.